The first-order chi connectivity index (χ1) is 0. The Morgan fingerprint density at radius 3 is 1.00 bits per heavy atom. The second-order valence-electron chi connectivity index (χ2n) is 0. The fraction of sp³-hybridized carbons (Fsp3) is 0. The zero-order chi connectivity index (χ0) is 0. The maximum absolute atomic E-state index is 0. The number of halogens is 1. The molecule has 1 nitrogen and oxygen atoms in total. The quantitative estimate of drug-likeness (QED) is 0.259. The van der Waals surface area contributed by atoms with Gasteiger partial charge in [0.25, 0.3) is 0 Å². The molecule has 0 aromatic heterocycles. The second kappa shape index (κ2) is 25.3. The third kappa shape index (κ3) is 9.86. The Morgan fingerprint density at radius 1 is 1.00 bits per heavy atom. The Balaban J connectivity index is 0. The van der Waals surface area contributed by atoms with Crippen molar-refractivity contribution in [3.8, 4) is 0 Å². The molecule has 2 N–H and O–H groups in total. The van der Waals surface area contributed by atoms with Crippen LogP contribution in [-0.4, -0.2) is 24.3 Å². The Morgan fingerprint density at radius 2 is 1.00 bits per heavy atom. The van der Waals surface area contributed by atoms with Crippen LogP contribution in [0.3, 0.4) is 0 Å². The van der Waals surface area contributed by atoms with Crippen LogP contribution in [0.4, 0.5) is 0 Å². The summed E-state index contributed by atoms with van der Waals surface area (Å²) in [4.78, 5) is 0. The molecule has 4 heavy (non-hydrogen) atoms. The van der Waals surface area contributed by atoms with Gasteiger partial charge in [-0.2, -0.15) is 0 Å². The molecule has 0 radical (unpaired) electrons. The van der Waals surface area contributed by atoms with Gasteiger partial charge in [0.15, 0.2) is 0 Å². The molecule has 0 aromatic rings. The molecule has 0 fully saturated rings. The fourth-order valence-corrected chi connectivity index (χ4v) is 0. The van der Waals surface area contributed by atoms with Crippen molar-refractivity contribution in [2.45, 2.75) is 0 Å². The molecule has 0 spiro atoms. The van der Waals surface area contributed by atoms with Crippen molar-refractivity contribution in [2.24, 2.45) is 0 Å². The second-order valence-corrected chi connectivity index (χ2v) is 0. The van der Waals surface area contributed by atoms with Crippen LogP contribution in [-0.2, 0) is 0 Å². The third-order valence-electron chi connectivity index (χ3n) is 0. The van der Waals surface area contributed by atoms with E-state index in [1.807, 2.05) is 0 Å². The van der Waals surface area contributed by atoms with E-state index < -0.39 is 0 Å². The van der Waals surface area contributed by atoms with E-state index >= 15 is 0 Å². The van der Waals surface area contributed by atoms with E-state index in [0.717, 1.165) is 0 Å². The standard InChI is InChI=1S/ClH.2Li.H2O.H/h1H;;;1H2;/q;;+1;;. The predicted octanol–water partition coefficient (Wildman–Crippen LogP) is -4.05. The summed E-state index contributed by atoms with van der Waals surface area (Å²) in [5.41, 5.74) is 0. The van der Waals surface area contributed by atoms with E-state index in [-0.39, 0.29) is 55.6 Å². The average Bonchev–Trinajstić information content (AvgIpc) is 0. The van der Waals surface area contributed by atoms with Crippen LogP contribution in [0.1, 0.15) is 0 Å². The van der Waals surface area contributed by atoms with Crippen LogP contribution in [0, 0.1) is 0 Å². The molecule has 0 bridgehead atoms. The summed E-state index contributed by atoms with van der Waals surface area (Å²) in [7, 11) is 0. The van der Waals surface area contributed by atoms with Gasteiger partial charge in [-0.3, -0.25) is 0 Å². The van der Waals surface area contributed by atoms with E-state index in [2.05, 4.69) is 0 Å². The van der Waals surface area contributed by atoms with Crippen LogP contribution in [0.2, 0.25) is 0 Å². The molecule has 4 heteroatoms. The summed E-state index contributed by atoms with van der Waals surface area (Å²) in [6, 6.07) is 0. The van der Waals surface area contributed by atoms with Crippen molar-refractivity contribution in [1.29, 1.82) is 0 Å². The van der Waals surface area contributed by atoms with Gasteiger partial charge in [0.05, 0.1) is 0 Å². The average molecular weight is 69.4 g/mol. The van der Waals surface area contributed by atoms with Gasteiger partial charge in [-0.05, 0) is 0 Å². The van der Waals surface area contributed by atoms with Crippen molar-refractivity contribution in [1.82, 2.24) is 0 Å². The first-order valence-corrected chi connectivity index (χ1v) is 0. The maximum atomic E-state index is 0. The van der Waals surface area contributed by atoms with Crippen LogP contribution < -0.4 is 18.9 Å². The van der Waals surface area contributed by atoms with Crippen LogP contribution >= 0.6 is 12.4 Å². The molecule has 0 aliphatic heterocycles. The molecule has 18 valence electrons. The Hall–Kier alpha value is 1.44. The van der Waals surface area contributed by atoms with Gasteiger partial charge in [0, 0.05) is 0 Å². The summed E-state index contributed by atoms with van der Waals surface area (Å²) in [6.45, 7) is 0. The van der Waals surface area contributed by atoms with E-state index in [0.29, 0.717) is 0 Å². The topological polar surface area (TPSA) is 31.5 Å². The van der Waals surface area contributed by atoms with Crippen molar-refractivity contribution in [2.75, 3.05) is 0 Å². The van der Waals surface area contributed by atoms with Crippen LogP contribution in [0.5, 0.6) is 0 Å². The SMILES string of the molecule is Cl.O.[Li+].[LiH]. The van der Waals surface area contributed by atoms with Gasteiger partial charge in [-0.15, -0.1) is 12.4 Å². The van der Waals surface area contributed by atoms with Gasteiger partial charge in [0.1, 0.15) is 0 Å². The molecule has 0 saturated carbocycles. The van der Waals surface area contributed by atoms with E-state index in [1.54, 1.807) is 0 Å². The molecular formula is H4ClLi2O+. The zero-order valence-corrected chi connectivity index (χ0v) is 2.72. The van der Waals surface area contributed by atoms with Crippen LogP contribution in [0.15, 0.2) is 0 Å². The monoisotopic (exact) mass is 69.0 g/mol. The molecule has 0 saturated heterocycles. The first kappa shape index (κ1) is 51.5. The minimum absolute atomic E-state index is 0. The number of hydrogen-bond donors (Lipinski definition) is 0. The molecule has 0 unspecified atom stereocenters. The number of rotatable bonds is 0. The summed E-state index contributed by atoms with van der Waals surface area (Å²) < 4.78 is 0. The summed E-state index contributed by atoms with van der Waals surface area (Å²) in [6.07, 6.45) is 0. The summed E-state index contributed by atoms with van der Waals surface area (Å²) in [5, 5.41) is 0. The van der Waals surface area contributed by atoms with Gasteiger partial charge in [-0.25, -0.2) is 0 Å². The molecule has 0 aliphatic carbocycles. The molecular weight excluding hydrogens is 65.3 g/mol. The van der Waals surface area contributed by atoms with E-state index in [9.17, 15) is 0 Å². The van der Waals surface area contributed by atoms with Crippen molar-refractivity contribution in [3.63, 3.8) is 0 Å². The Kier molecular flexibility index (Phi) is 326. The van der Waals surface area contributed by atoms with Crippen molar-refractivity contribution < 1.29 is 24.3 Å². The molecule has 0 aromatic carbocycles. The predicted molar refractivity (Wildman–Crippen MR) is 18.0 cm³/mol. The van der Waals surface area contributed by atoms with Gasteiger partial charge in [0.2, 0.25) is 0 Å². The van der Waals surface area contributed by atoms with Gasteiger partial charge < -0.3 is 5.48 Å². The fourth-order valence-electron chi connectivity index (χ4n) is 0. The van der Waals surface area contributed by atoms with E-state index in [4.69, 9.17) is 0 Å². The third-order valence-corrected chi connectivity index (χ3v) is 0. The van der Waals surface area contributed by atoms with Crippen LogP contribution in [0.25, 0.3) is 0 Å². The summed E-state index contributed by atoms with van der Waals surface area (Å²) in [5.74, 6) is 0. The van der Waals surface area contributed by atoms with Gasteiger partial charge >= 0.3 is 37.7 Å². The Bertz CT molecular complexity index is 6.00. The Labute approximate surface area is 55.6 Å². The minimum atomic E-state index is 0. The first-order valence-electron chi connectivity index (χ1n) is 0. The molecule has 0 amide bonds. The van der Waals surface area contributed by atoms with E-state index in [1.165, 1.54) is 0 Å². The van der Waals surface area contributed by atoms with Gasteiger partial charge in [-0.1, -0.05) is 0 Å². The zero-order valence-electron chi connectivity index (χ0n) is 1.91. The normalized spacial score (nSPS) is 0. The van der Waals surface area contributed by atoms with Crippen molar-refractivity contribution >= 4 is 31.3 Å². The summed E-state index contributed by atoms with van der Waals surface area (Å²) >= 11 is 0. The molecule has 0 heterocycles. The molecule has 0 rings (SSSR count). The van der Waals surface area contributed by atoms with Crippen molar-refractivity contribution in [3.05, 3.63) is 0 Å². The molecule has 0 atom stereocenters. The number of hydrogen-bond acceptors (Lipinski definition) is 0. The molecule has 0 aliphatic rings.